The number of fused-ring (bicyclic) bond motifs is 1. The number of rotatable bonds is 4. The lowest BCUT2D eigenvalue weighted by atomic mass is 9.46. The van der Waals surface area contributed by atoms with E-state index in [0.717, 1.165) is 38.5 Å². The molecule has 0 radical (unpaired) electrons. The Balaban J connectivity index is 1.77. The Kier molecular flexibility index (Phi) is 4.61. The van der Waals surface area contributed by atoms with E-state index in [4.69, 9.17) is 4.74 Å². The van der Waals surface area contributed by atoms with Gasteiger partial charge in [-0.25, -0.2) is 0 Å². The van der Waals surface area contributed by atoms with Crippen molar-refractivity contribution in [1.82, 2.24) is 0 Å². The minimum atomic E-state index is -0.00281. The maximum atomic E-state index is 11.8. The molecule has 3 nitrogen and oxygen atoms in total. The normalized spacial score (nSPS) is 44.0. The van der Waals surface area contributed by atoms with Gasteiger partial charge in [0, 0.05) is 6.61 Å². The number of allylic oxidation sites excluding steroid dienone is 1. The highest BCUT2D eigenvalue weighted by atomic mass is 16.5. The minimum Gasteiger partial charge on any atom is -0.465 e. The number of aliphatic hydroxyl groups excluding tert-OH is 1. The topological polar surface area (TPSA) is 46.5 Å². The van der Waals surface area contributed by atoms with Crippen LogP contribution in [0.3, 0.4) is 0 Å². The van der Waals surface area contributed by atoms with Gasteiger partial charge in [0.25, 0.3) is 0 Å². The molecule has 1 N–H and O–H groups in total. The Morgan fingerprint density at radius 3 is 2.70 bits per heavy atom. The van der Waals surface area contributed by atoms with Crippen LogP contribution in [0.4, 0.5) is 0 Å². The molecule has 23 heavy (non-hydrogen) atoms. The van der Waals surface area contributed by atoms with Crippen LogP contribution in [0.25, 0.3) is 0 Å². The quantitative estimate of drug-likeness (QED) is 0.626. The molecule has 0 bridgehead atoms. The highest BCUT2D eigenvalue weighted by molar-refractivity contribution is 5.74. The summed E-state index contributed by atoms with van der Waals surface area (Å²) in [7, 11) is 0. The molecule has 2 unspecified atom stereocenters. The molecule has 0 aromatic heterocycles. The Labute approximate surface area is 140 Å². The van der Waals surface area contributed by atoms with Crippen LogP contribution in [0.5, 0.6) is 0 Å². The zero-order valence-electron chi connectivity index (χ0n) is 14.8. The maximum Gasteiger partial charge on any atom is 0.309 e. The van der Waals surface area contributed by atoms with E-state index in [2.05, 4.69) is 20.4 Å². The van der Waals surface area contributed by atoms with Crippen molar-refractivity contribution in [1.29, 1.82) is 0 Å². The Hall–Kier alpha value is -0.830. The molecule has 3 rings (SSSR count). The summed E-state index contributed by atoms with van der Waals surface area (Å²) < 4.78 is 5.12. The Morgan fingerprint density at radius 2 is 2.04 bits per heavy atom. The molecule has 0 spiro atoms. The van der Waals surface area contributed by atoms with Crippen LogP contribution in [-0.4, -0.2) is 24.3 Å². The third-order valence-electron chi connectivity index (χ3n) is 7.35. The maximum absolute atomic E-state index is 11.8. The predicted molar refractivity (Wildman–Crippen MR) is 90.8 cm³/mol. The van der Waals surface area contributed by atoms with Gasteiger partial charge in [0.05, 0.1) is 12.5 Å². The average molecular weight is 320 g/mol. The number of cyclic esters (lactones) is 1. The van der Waals surface area contributed by atoms with Crippen LogP contribution >= 0.6 is 0 Å². The van der Waals surface area contributed by atoms with E-state index in [1.54, 1.807) is 0 Å². The molecule has 1 saturated heterocycles. The fourth-order valence-electron chi connectivity index (χ4n) is 5.97. The first-order valence-corrected chi connectivity index (χ1v) is 9.36. The van der Waals surface area contributed by atoms with E-state index in [9.17, 15) is 9.90 Å². The fraction of sp³-hybridized carbons (Fsp3) is 0.850. The summed E-state index contributed by atoms with van der Waals surface area (Å²) >= 11 is 0. The lowest BCUT2D eigenvalue weighted by molar-refractivity contribution is -0.141. The lowest BCUT2D eigenvalue weighted by Gasteiger charge is -2.58. The van der Waals surface area contributed by atoms with E-state index in [-0.39, 0.29) is 22.7 Å². The second kappa shape index (κ2) is 6.23. The number of carbonyl (C=O) groups is 1. The Morgan fingerprint density at radius 1 is 1.26 bits per heavy atom. The van der Waals surface area contributed by atoms with E-state index >= 15 is 0 Å². The molecule has 130 valence electrons. The van der Waals surface area contributed by atoms with E-state index in [1.165, 1.54) is 18.4 Å². The second-order valence-electron chi connectivity index (χ2n) is 8.70. The number of esters is 1. The number of aliphatic hydroxyl groups is 1. The van der Waals surface area contributed by atoms with Crippen molar-refractivity contribution in [3.8, 4) is 0 Å². The summed E-state index contributed by atoms with van der Waals surface area (Å²) in [5, 5.41) is 10.0. The standard InChI is InChI=1S/C20H32O3/c1-14-5-8-17-19(2,13-21)10-4-11-20(17,3)16(14)7-6-15-9-12-23-18(15)22/h15-17,21H,1,4-13H2,2-3H3/t15?,16-,17?,19+,20+/m0/s1. The largest absolute Gasteiger partial charge is 0.465 e. The first-order valence-electron chi connectivity index (χ1n) is 9.36. The van der Waals surface area contributed by atoms with Gasteiger partial charge >= 0.3 is 5.97 Å². The van der Waals surface area contributed by atoms with Crippen LogP contribution in [-0.2, 0) is 9.53 Å². The van der Waals surface area contributed by atoms with Gasteiger partial charge < -0.3 is 9.84 Å². The zero-order chi connectivity index (χ0) is 16.7. The highest BCUT2D eigenvalue weighted by Gasteiger charge is 2.54. The third kappa shape index (κ3) is 2.86. The molecule has 3 fully saturated rings. The number of ether oxygens (including phenoxy) is 1. The van der Waals surface area contributed by atoms with Crippen LogP contribution in [0.2, 0.25) is 0 Å². The molecule has 3 aliphatic rings. The summed E-state index contributed by atoms with van der Waals surface area (Å²) in [6.45, 7) is 9.97. The van der Waals surface area contributed by atoms with E-state index < -0.39 is 0 Å². The van der Waals surface area contributed by atoms with Crippen molar-refractivity contribution >= 4 is 5.97 Å². The highest BCUT2D eigenvalue weighted by Crippen LogP contribution is 2.61. The lowest BCUT2D eigenvalue weighted by Crippen LogP contribution is -2.51. The van der Waals surface area contributed by atoms with Gasteiger partial charge in [0.2, 0.25) is 0 Å². The number of hydrogen-bond acceptors (Lipinski definition) is 3. The minimum absolute atomic E-state index is 0.00281. The summed E-state index contributed by atoms with van der Waals surface area (Å²) in [5.41, 5.74) is 1.66. The molecule has 3 heteroatoms. The first kappa shape index (κ1) is 17.0. The molecule has 2 aliphatic carbocycles. The van der Waals surface area contributed by atoms with Crippen LogP contribution in [0.15, 0.2) is 12.2 Å². The fourth-order valence-corrected chi connectivity index (χ4v) is 5.97. The molecule has 2 saturated carbocycles. The monoisotopic (exact) mass is 320 g/mol. The van der Waals surface area contributed by atoms with Crippen molar-refractivity contribution in [2.45, 2.75) is 65.2 Å². The molecule has 5 atom stereocenters. The van der Waals surface area contributed by atoms with Crippen molar-refractivity contribution in [2.24, 2.45) is 28.6 Å². The van der Waals surface area contributed by atoms with Crippen molar-refractivity contribution in [3.63, 3.8) is 0 Å². The second-order valence-corrected chi connectivity index (χ2v) is 8.70. The van der Waals surface area contributed by atoms with Gasteiger partial charge in [-0.05, 0) is 67.6 Å². The molecule has 0 aromatic carbocycles. The summed E-state index contributed by atoms with van der Waals surface area (Å²) in [5.74, 6) is 1.15. The van der Waals surface area contributed by atoms with Crippen LogP contribution in [0.1, 0.15) is 65.2 Å². The average Bonchev–Trinajstić information content (AvgIpc) is 2.91. The van der Waals surface area contributed by atoms with Crippen molar-refractivity contribution in [2.75, 3.05) is 13.2 Å². The molecule has 1 heterocycles. The molecule has 0 amide bonds. The van der Waals surface area contributed by atoms with Crippen molar-refractivity contribution < 1.29 is 14.6 Å². The first-order chi connectivity index (χ1) is 10.9. The van der Waals surface area contributed by atoms with Gasteiger partial charge in [-0.3, -0.25) is 4.79 Å². The van der Waals surface area contributed by atoms with Gasteiger partial charge in [0.15, 0.2) is 0 Å². The summed E-state index contributed by atoms with van der Waals surface area (Å²) in [6.07, 6.45) is 8.66. The zero-order valence-corrected chi connectivity index (χ0v) is 14.8. The van der Waals surface area contributed by atoms with Gasteiger partial charge in [-0.15, -0.1) is 0 Å². The smallest absolute Gasteiger partial charge is 0.309 e. The van der Waals surface area contributed by atoms with E-state index in [0.29, 0.717) is 25.0 Å². The van der Waals surface area contributed by atoms with E-state index in [1.807, 2.05) is 0 Å². The van der Waals surface area contributed by atoms with Gasteiger partial charge in [-0.1, -0.05) is 32.4 Å². The Bertz CT molecular complexity index is 485. The SMILES string of the molecule is C=C1CCC2[C@@](C)(CO)CCC[C@]2(C)[C@H]1CCC1CCOC1=O. The van der Waals surface area contributed by atoms with Gasteiger partial charge in [0.1, 0.15) is 0 Å². The molecule has 1 aliphatic heterocycles. The van der Waals surface area contributed by atoms with Gasteiger partial charge in [-0.2, -0.15) is 0 Å². The molecular formula is C20H32O3. The molecule has 0 aromatic rings. The molecular weight excluding hydrogens is 288 g/mol. The summed E-state index contributed by atoms with van der Waals surface area (Å²) in [4.78, 5) is 11.8. The third-order valence-corrected chi connectivity index (χ3v) is 7.35. The van der Waals surface area contributed by atoms with Crippen LogP contribution in [0, 0.1) is 28.6 Å². The number of hydrogen-bond donors (Lipinski definition) is 1. The van der Waals surface area contributed by atoms with Crippen molar-refractivity contribution in [3.05, 3.63) is 12.2 Å². The summed E-state index contributed by atoms with van der Waals surface area (Å²) in [6, 6.07) is 0. The number of carbonyl (C=O) groups excluding carboxylic acids is 1. The predicted octanol–water partition coefficient (Wildman–Crippen LogP) is 4.10. The van der Waals surface area contributed by atoms with Crippen LogP contribution < -0.4 is 0 Å².